The van der Waals surface area contributed by atoms with Crippen molar-refractivity contribution in [1.82, 2.24) is 19.3 Å². The van der Waals surface area contributed by atoms with Gasteiger partial charge in [0.2, 0.25) is 0 Å². The highest BCUT2D eigenvalue weighted by atomic mass is 15.2. The van der Waals surface area contributed by atoms with Gasteiger partial charge in [0.1, 0.15) is 0 Å². The maximum atomic E-state index is 4.65. The number of hydrogen-bond acceptors (Lipinski definition) is 2. The molecule has 4 heteroatoms. The Kier molecular flexibility index (Phi) is 4.11. The van der Waals surface area contributed by atoms with E-state index in [0.717, 1.165) is 33.8 Å². The molecule has 0 aliphatic rings. The predicted molar refractivity (Wildman–Crippen MR) is 139 cm³/mol. The molecule has 4 aromatic carbocycles. The van der Waals surface area contributed by atoms with Crippen LogP contribution >= 0.6 is 0 Å². The molecule has 0 amide bonds. The van der Waals surface area contributed by atoms with Gasteiger partial charge in [0, 0.05) is 33.6 Å². The molecule has 7 aromatic rings. The number of hydrogen-bond donors (Lipinski definition) is 0. The highest BCUT2D eigenvalue weighted by Gasteiger charge is 2.18. The molecule has 0 radical (unpaired) electrons. The maximum Gasteiger partial charge on any atom is 0.160 e. The van der Waals surface area contributed by atoms with Crippen LogP contribution in [0.4, 0.5) is 0 Å². The van der Waals surface area contributed by atoms with Crippen molar-refractivity contribution in [3.8, 4) is 22.8 Å². The second-order valence-electron chi connectivity index (χ2n) is 8.41. The van der Waals surface area contributed by atoms with E-state index in [4.69, 9.17) is 0 Å². The molecule has 3 heterocycles. The summed E-state index contributed by atoms with van der Waals surface area (Å²) in [4.78, 5) is 0. The molecule has 0 N–H and O–H groups in total. The molecule has 0 atom stereocenters. The Morgan fingerprint density at radius 3 is 2.12 bits per heavy atom. The minimum absolute atomic E-state index is 0.808. The second-order valence-corrected chi connectivity index (χ2v) is 8.41. The molecule has 0 saturated heterocycles. The highest BCUT2D eigenvalue weighted by molar-refractivity contribution is 6.20. The number of fused-ring (bicyclic) bond motifs is 5. The van der Waals surface area contributed by atoms with E-state index < -0.39 is 0 Å². The topological polar surface area (TPSA) is 35.6 Å². The fraction of sp³-hybridized carbons (Fsp3) is 0. The predicted octanol–water partition coefficient (Wildman–Crippen LogP) is 7.18. The van der Waals surface area contributed by atoms with E-state index in [1.165, 1.54) is 21.7 Å². The standard InChI is InChI=1S/C30H20N4/c1-3-9-21(10-4-1)25-16-18-28(32-31-25)34-26-14-8-7-13-24(26)29-27(34)17-15-22-19-20-33(30(22)29)23-11-5-2-6-12-23/h1-20H. The normalized spacial score (nSPS) is 11.5. The fourth-order valence-electron chi connectivity index (χ4n) is 4.94. The van der Waals surface area contributed by atoms with Gasteiger partial charge >= 0.3 is 0 Å². The molecule has 0 fully saturated rings. The zero-order chi connectivity index (χ0) is 22.5. The van der Waals surface area contributed by atoms with E-state index in [1.54, 1.807) is 0 Å². The van der Waals surface area contributed by atoms with Gasteiger partial charge in [-0.05, 0) is 42.5 Å². The average Bonchev–Trinajstić information content (AvgIpc) is 3.49. The minimum atomic E-state index is 0.808. The van der Waals surface area contributed by atoms with Crippen molar-refractivity contribution in [2.24, 2.45) is 0 Å². The summed E-state index contributed by atoms with van der Waals surface area (Å²) in [5, 5.41) is 12.8. The van der Waals surface area contributed by atoms with Crippen LogP contribution in [-0.4, -0.2) is 19.3 Å². The molecule has 0 bridgehead atoms. The van der Waals surface area contributed by atoms with Crippen LogP contribution in [0.25, 0.3) is 55.5 Å². The fourth-order valence-corrected chi connectivity index (χ4v) is 4.94. The Morgan fingerprint density at radius 2 is 1.32 bits per heavy atom. The summed E-state index contributed by atoms with van der Waals surface area (Å²) in [5.74, 6) is 0.808. The van der Waals surface area contributed by atoms with Gasteiger partial charge in [-0.25, -0.2) is 0 Å². The lowest BCUT2D eigenvalue weighted by Gasteiger charge is -2.09. The Labute approximate surface area is 196 Å². The smallest absolute Gasteiger partial charge is 0.160 e. The number of rotatable bonds is 3. The summed E-state index contributed by atoms with van der Waals surface area (Å²) in [7, 11) is 0. The number of para-hydroxylation sites is 2. The first-order chi connectivity index (χ1) is 16.9. The number of nitrogens with zero attached hydrogens (tertiary/aromatic N) is 4. The maximum absolute atomic E-state index is 4.65. The molecule has 0 aliphatic heterocycles. The molecule has 160 valence electrons. The minimum Gasteiger partial charge on any atom is -0.316 e. The summed E-state index contributed by atoms with van der Waals surface area (Å²) in [6.45, 7) is 0. The lowest BCUT2D eigenvalue weighted by atomic mass is 10.1. The highest BCUT2D eigenvalue weighted by Crippen LogP contribution is 2.37. The molecule has 3 aromatic heterocycles. The molecule has 4 nitrogen and oxygen atoms in total. The van der Waals surface area contributed by atoms with Crippen LogP contribution in [0.15, 0.2) is 121 Å². The van der Waals surface area contributed by atoms with Crippen LogP contribution in [-0.2, 0) is 0 Å². The van der Waals surface area contributed by atoms with Gasteiger partial charge in [0.15, 0.2) is 5.82 Å². The summed E-state index contributed by atoms with van der Waals surface area (Å²) in [5.41, 5.74) is 6.51. The van der Waals surface area contributed by atoms with Crippen molar-refractivity contribution >= 4 is 32.7 Å². The van der Waals surface area contributed by atoms with E-state index >= 15 is 0 Å². The van der Waals surface area contributed by atoms with Gasteiger partial charge in [0.25, 0.3) is 0 Å². The van der Waals surface area contributed by atoms with Crippen molar-refractivity contribution < 1.29 is 0 Å². The molecule has 0 spiro atoms. The Balaban J connectivity index is 1.52. The van der Waals surface area contributed by atoms with Crippen molar-refractivity contribution in [3.05, 3.63) is 121 Å². The van der Waals surface area contributed by atoms with E-state index in [-0.39, 0.29) is 0 Å². The van der Waals surface area contributed by atoms with Gasteiger partial charge in [-0.1, -0.05) is 72.8 Å². The zero-order valence-electron chi connectivity index (χ0n) is 18.3. The van der Waals surface area contributed by atoms with Crippen LogP contribution in [0.5, 0.6) is 0 Å². The Morgan fingerprint density at radius 1 is 0.559 bits per heavy atom. The van der Waals surface area contributed by atoms with Crippen LogP contribution in [0, 0.1) is 0 Å². The monoisotopic (exact) mass is 436 g/mol. The lowest BCUT2D eigenvalue weighted by molar-refractivity contribution is 0.958. The van der Waals surface area contributed by atoms with Crippen molar-refractivity contribution in [3.63, 3.8) is 0 Å². The summed E-state index contributed by atoms with van der Waals surface area (Å²) in [6, 6.07) is 39.9. The molecular weight excluding hydrogens is 416 g/mol. The van der Waals surface area contributed by atoms with Gasteiger partial charge in [-0.15, -0.1) is 10.2 Å². The van der Waals surface area contributed by atoms with E-state index in [0.29, 0.717) is 0 Å². The molecular formula is C30H20N4. The van der Waals surface area contributed by atoms with Crippen LogP contribution < -0.4 is 0 Å². The van der Waals surface area contributed by atoms with Gasteiger partial charge in [-0.3, -0.25) is 4.57 Å². The number of benzene rings is 4. The van der Waals surface area contributed by atoms with Crippen molar-refractivity contribution in [2.45, 2.75) is 0 Å². The molecule has 0 unspecified atom stereocenters. The van der Waals surface area contributed by atoms with Gasteiger partial charge in [0.05, 0.1) is 22.2 Å². The summed E-state index contributed by atoms with van der Waals surface area (Å²) in [6.07, 6.45) is 2.15. The molecule has 7 rings (SSSR count). The van der Waals surface area contributed by atoms with Crippen molar-refractivity contribution in [1.29, 1.82) is 0 Å². The second kappa shape index (κ2) is 7.42. The van der Waals surface area contributed by atoms with Crippen LogP contribution in [0.2, 0.25) is 0 Å². The summed E-state index contributed by atoms with van der Waals surface area (Å²) < 4.78 is 4.49. The lowest BCUT2D eigenvalue weighted by Crippen LogP contribution is -2.00. The first-order valence-electron chi connectivity index (χ1n) is 11.4. The number of aromatic nitrogens is 4. The summed E-state index contributed by atoms with van der Waals surface area (Å²) >= 11 is 0. The SMILES string of the molecule is c1ccc(-c2ccc(-n3c4ccccc4c4c5c(ccc43)ccn5-c3ccccc3)nn2)cc1. The first-order valence-corrected chi connectivity index (χ1v) is 11.4. The molecule has 0 aliphatic carbocycles. The van der Waals surface area contributed by atoms with Gasteiger partial charge in [-0.2, -0.15) is 0 Å². The first kappa shape index (κ1) is 18.8. The zero-order valence-corrected chi connectivity index (χ0v) is 18.3. The molecule has 34 heavy (non-hydrogen) atoms. The quantitative estimate of drug-likeness (QED) is 0.294. The van der Waals surface area contributed by atoms with E-state index in [9.17, 15) is 0 Å². The van der Waals surface area contributed by atoms with Crippen LogP contribution in [0.3, 0.4) is 0 Å². The third-order valence-corrected chi connectivity index (χ3v) is 6.47. The Hall–Kier alpha value is -4.70. The molecule has 0 saturated carbocycles. The van der Waals surface area contributed by atoms with Gasteiger partial charge < -0.3 is 4.57 Å². The average molecular weight is 437 g/mol. The van der Waals surface area contributed by atoms with Crippen LogP contribution in [0.1, 0.15) is 0 Å². The largest absolute Gasteiger partial charge is 0.316 e. The van der Waals surface area contributed by atoms with E-state index in [1.807, 2.05) is 24.3 Å². The third-order valence-electron chi connectivity index (χ3n) is 6.47. The third kappa shape index (κ3) is 2.79. The van der Waals surface area contributed by atoms with E-state index in [2.05, 4.69) is 117 Å². The van der Waals surface area contributed by atoms with Crippen molar-refractivity contribution in [2.75, 3.05) is 0 Å². The Bertz CT molecular complexity index is 1780.